The van der Waals surface area contributed by atoms with Crippen LogP contribution in [0.5, 0.6) is 0 Å². The lowest BCUT2D eigenvalue weighted by atomic mass is 10.0. The Balaban J connectivity index is 2.12. The second-order valence-corrected chi connectivity index (χ2v) is 5.70. The standard InChI is InChI=1S/C19H21FN2/c1-14-13-22(19-9-4-3-8-17(14)19)18(10-11-21-2)15-6-5-7-16(20)12-15/h3-9,12-13,18,21H,10-11H2,1-2H3. The molecule has 0 spiro atoms. The van der Waals surface area contributed by atoms with E-state index < -0.39 is 0 Å². The maximum absolute atomic E-state index is 13.7. The fourth-order valence-corrected chi connectivity index (χ4v) is 3.10. The number of benzene rings is 2. The van der Waals surface area contributed by atoms with Crippen molar-refractivity contribution in [2.75, 3.05) is 13.6 Å². The molecule has 1 heterocycles. The highest BCUT2D eigenvalue weighted by molar-refractivity contribution is 5.83. The Morgan fingerprint density at radius 3 is 2.73 bits per heavy atom. The second kappa shape index (κ2) is 6.32. The second-order valence-electron chi connectivity index (χ2n) is 5.70. The van der Waals surface area contributed by atoms with Gasteiger partial charge in [-0.2, -0.15) is 0 Å². The number of hydrogen-bond acceptors (Lipinski definition) is 1. The van der Waals surface area contributed by atoms with Crippen LogP contribution in [0.1, 0.15) is 23.6 Å². The molecular weight excluding hydrogens is 275 g/mol. The van der Waals surface area contributed by atoms with Crippen LogP contribution in [0.4, 0.5) is 4.39 Å². The van der Waals surface area contributed by atoms with Crippen molar-refractivity contribution in [2.45, 2.75) is 19.4 Å². The van der Waals surface area contributed by atoms with E-state index in [1.54, 1.807) is 12.1 Å². The van der Waals surface area contributed by atoms with E-state index in [9.17, 15) is 4.39 Å². The van der Waals surface area contributed by atoms with Gasteiger partial charge in [0.05, 0.1) is 6.04 Å². The number of aromatic nitrogens is 1. The number of halogens is 1. The van der Waals surface area contributed by atoms with Crippen molar-refractivity contribution in [1.82, 2.24) is 9.88 Å². The lowest BCUT2D eigenvalue weighted by molar-refractivity contribution is 0.533. The maximum atomic E-state index is 13.7. The molecule has 3 heteroatoms. The SMILES string of the molecule is CNCCC(c1cccc(F)c1)n1cc(C)c2ccccc21. The van der Waals surface area contributed by atoms with Gasteiger partial charge in [0.15, 0.2) is 0 Å². The number of nitrogens with one attached hydrogen (secondary N) is 1. The van der Waals surface area contributed by atoms with Crippen molar-refractivity contribution in [3.05, 3.63) is 71.7 Å². The minimum absolute atomic E-state index is 0.127. The molecule has 0 fully saturated rings. The summed E-state index contributed by atoms with van der Waals surface area (Å²) in [4.78, 5) is 0. The molecule has 1 atom stereocenters. The van der Waals surface area contributed by atoms with Crippen molar-refractivity contribution in [3.8, 4) is 0 Å². The van der Waals surface area contributed by atoms with Gasteiger partial charge in [-0.3, -0.25) is 0 Å². The monoisotopic (exact) mass is 296 g/mol. The summed E-state index contributed by atoms with van der Waals surface area (Å²) < 4.78 is 15.9. The number of fused-ring (bicyclic) bond motifs is 1. The molecule has 0 aliphatic rings. The molecule has 0 radical (unpaired) electrons. The average molecular weight is 296 g/mol. The van der Waals surface area contributed by atoms with E-state index in [0.29, 0.717) is 0 Å². The third kappa shape index (κ3) is 2.77. The van der Waals surface area contributed by atoms with E-state index in [1.807, 2.05) is 13.1 Å². The zero-order chi connectivity index (χ0) is 15.5. The van der Waals surface area contributed by atoms with Gasteiger partial charge in [0.1, 0.15) is 5.82 Å². The Kier molecular flexibility index (Phi) is 4.25. The highest BCUT2D eigenvalue weighted by Gasteiger charge is 2.17. The molecule has 22 heavy (non-hydrogen) atoms. The van der Waals surface area contributed by atoms with Gasteiger partial charge in [0.2, 0.25) is 0 Å². The smallest absolute Gasteiger partial charge is 0.123 e. The van der Waals surface area contributed by atoms with Crippen LogP contribution in [-0.2, 0) is 0 Å². The highest BCUT2D eigenvalue weighted by atomic mass is 19.1. The molecule has 0 bridgehead atoms. The van der Waals surface area contributed by atoms with Gasteiger partial charge in [0, 0.05) is 17.1 Å². The van der Waals surface area contributed by atoms with Crippen LogP contribution in [0.2, 0.25) is 0 Å². The number of nitrogens with zero attached hydrogens (tertiary/aromatic N) is 1. The zero-order valence-corrected chi connectivity index (χ0v) is 13.0. The first kappa shape index (κ1) is 14.8. The van der Waals surface area contributed by atoms with E-state index in [2.05, 4.69) is 47.3 Å². The van der Waals surface area contributed by atoms with Gasteiger partial charge < -0.3 is 9.88 Å². The van der Waals surface area contributed by atoms with Gasteiger partial charge >= 0.3 is 0 Å². The summed E-state index contributed by atoms with van der Waals surface area (Å²) >= 11 is 0. The fraction of sp³-hybridized carbons (Fsp3) is 0.263. The first-order chi connectivity index (χ1) is 10.7. The summed E-state index contributed by atoms with van der Waals surface area (Å²) in [6.07, 6.45) is 3.09. The van der Waals surface area contributed by atoms with Gasteiger partial charge in [-0.1, -0.05) is 30.3 Å². The van der Waals surface area contributed by atoms with Crippen LogP contribution in [0.25, 0.3) is 10.9 Å². The Labute approximate surface area is 130 Å². The van der Waals surface area contributed by atoms with Gasteiger partial charge in [-0.15, -0.1) is 0 Å². The van der Waals surface area contributed by atoms with E-state index in [-0.39, 0.29) is 11.9 Å². The normalized spacial score (nSPS) is 12.7. The summed E-state index contributed by atoms with van der Waals surface area (Å²) in [6.45, 7) is 3.01. The van der Waals surface area contributed by atoms with Crippen LogP contribution >= 0.6 is 0 Å². The molecule has 1 unspecified atom stereocenters. The van der Waals surface area contributed by atoms with E-state index in [4.69, 9.17) is 0 Å². The van der Waals surface area contributed by atoms with Crippen LogP contribution in [0, 0.1) is 12.7 Å². The summed E-state index contributed by atoms with van der Waals surface area (Å²) in [6, 6.07) is 15.5. The molecular formula is C19H21FN2. The average Bonchev–Trinajstić information content (AvgIpc) is 2.86. The van der Waals surface area contributed by atoms with Gasteiger partial charge in [0.25, 0.3) is 0 Å². The zero-order valence-electron chi connectivity index (χ0n) is 13.0. The molecule has 1 aromatic heterocycles. The number of para-hydroxylation sites is 1. The third-order valence-electron chi connectivity index (χ3n) is 4.18. The lowest BCUT2D eigenvalue weighted by Crippen LogP contribution is -2.17. The van der Waals surface area contributed by atoms with Crippen molar-refractivity contribution >= 4 is 10.9 Å². The maximum Gasteiger partial charge on any atom is 0.123 e. The van der Waals surface area contributed by atoms with Crippen molar-refractivity contribution < 1.29 is 4.39 Å². The Morgan fingerprint density at radius 1 is 1.14 bits per heavy atom. The fourth-order valence-electron chi connectivity index (χ4n) is 3.10. The molecule has 0 aliphatic carbocycles. The van der Waals surface area contributed by atoms with Crippen molar-refractivity contribution in [1.29, 1.82) is 0 Å². The summed E-state index contributed by atoms with van der Waals surface area (Å²) in [7, 11) is 1.95. The molecule has 114 valence electrons. The lowest BCUT2D eigenvalue weighted by Gasteiger charge is -2.21. The first-order valence-electron chi connectivity index (χ1n) is 7.67. The molecule has 0 amide bonds. The molecule has 2 aromatic carbocycles. The first-order valence-corrected chi connectivity index (χ1v) is 7.67. The predicted octanol–water partition coefficient (Wildman–Crippen LogP) is 4.29. The van der Waals surface area contributed by atoms with Crippen molar-refractivity contribution in [3.63, 3.8) is 0 Å². The minimum atomic E-state index is -0.180. The molecule has 0 aliphatic heterocycles. The van der Waals surface area contributed by atoms with Crippen LogP contribution in [0.15, 0.2) is 54.7 Å². The Morgan fingerprint density at radius 2 is 1.95 bits per heavy atom. The number of hydrogen-bond donors (Lipinski definition) is 1. The van der Waals surface area contributed by atoms with E-state index >= 15 is 0 Å². The highest BCUT2D eigenvalue weighted by Crippen LogP contribution is 2.30. The Hall–Kier alpha value is -2.13. The molecule has 3 aromatic rings. The van der Waals surface area contributed by atoms with Crippen LogP contribution in [0.3, 0.4) is 0 Å². The number of rotatable bonds is 5. The summed E-state index contributed by atoms with van der Waals surface area (Å²) in [5, 5.41) is 4.46. The van der Waals surface area contributed by atoms with E-state index in [1.165, 1.54) is 22.5 Å². The topological polar surface area (TPSA) is 17.0 Å². The van der Waals surface area contributed by atoms with Gasteiger partial charge in [-0.25, -0.2) is 4.39 Å². The van der Waals surface area contributed by atoms with Crippen LogP contribution in [-0.4, -0.2) is 18.2 Å². The van der Waals surface area contributed by atoms with E-state index in [0.717, 1.165) is 18.5 Å². The number of aryl methyl sites for hydroxylation is 1. The largest absolute Gasteiger partial charge is 0.340 e. The quantitative estimate of drug-likeness (QED) is 0.743. The Bertz CT molecular complexity index is 776. The summed E-state index contributed by atoms with van der Waals surface area (Å²) in [5.41, 5.74) is 3.46. The molecule has 3 rings (SSSR count). The molecule has 0 saturated heterocycles. The predicted molar refractivity (Wildman–Crippen MR) is 89.8 cm³/mol. The van der Waals surface area contributed by atoms with Crippen LogP contribution < -0.4 is 5.32 Å². The third-order valence-corrected chi connectivity index (χ3v) is 4.18. The molecule has 2 nitrogen and oxygen atoms in total. The molecule has 1 N–H and O–H groups in total. The summed E-state index contributed by atoms with van der Waals surface area (Å²) in [5.74, 6) is -0.180. The minimum Gasteiger partial charge on any atom is -0.340 e. The van der Waals surface area contributed by atoms with Crippen molar-refractivity contribution in [2.24, 2.45) is 0 Å². The molecule has 0 saturated carbocycles. The van der Waals surface area contributed by atoms with Gasteiger partial charge in [-0.05, 0) is 56.3 Å².